The number of pyridine rings is 1. The van der Waals surface area contributed by atoms with Crippen molar-refractivity contribution in [1.29, 1.82) is 0 Å². The minimum Gasteiger partial charge on any atom is -0.397 e. The van der Waals surface area contributed by atoms with Crippen LogP contribution in [0.4, 0.5) is 11.5 Å². The maximum Gasteiger partial charge on any atom is 0.228 e. The molecule has 4 nitrogen and oxygen atoms in total. The van der Waals surface area contributed by atoms with Crippen LogP contribution in [-0.2, 0) is 4.79 Å². The maximum atomic E-state index is 11.8. The zero-order chi connectivity index (χ0) is 12.1. The van der Waals surface area contributed by atoms with Crippen molar-refractivity contribution in [1.82, 2.24) is 4.98 Å². The Morgan fingerprint density at radius 1 is 1.62 bits per heavy atom. The fourth-order valence-electron chi connectivity index (χ4n) is 1.53. The molecule has 1 heterocycles. The monoisotopic (exact) mass is 221 g/mol. The molecule has 0 saturated heterocycles. The number of nitrogens with two attached hydrogens (primary N) is 1. The van der Waals surface area contributed by atoms with Crippen LogP contribution < -0.4 is 11.1 Å². The van der Waals surface area contributed by atoms with Gasteiger partial charge >= 0.3 is 0 Å². The Bertz CT molecular complexity index is 377. The number of carbonyl (C=O) groups excluding carboxylic acids is 1. The summed E-state index contributed by atoms with van der Waals surface area (Å²) in [7, 11) is 0. The van der Waals surface area contributed by atoms with Gasteiger partial charge in [-0.1, -0.05) is 20.3 Å². The normalized spacial score (nSPS) is 12.2. The lowest BCUT2D eigenvalue weighted by Gasteiger charge is -2.12. The van der Waals surface area contributed by atoms with Crippen molar-refractivity contribution in [2.45, 2.75) is 33.6 Å². The summed E-state index contributed by atoms with van der Waals surface area (Å²) in [6.45, 7) is 5.87. The number of anilines is 2. The topological polar surface area (TPSA) is 68.0 Å². The van der Waals surface area contributed by atoms with Gasteiger partial charge in [0.05, 0.1) is 11.9 Å². The Kier molecular flexibility index (Phi) is 4.28. The van der Waals surface area contributed by atoms with Gasteiger partial charge in [-0.15, -0.1) is 0 Å². The number of nitrogen functional groups attached to an aromatic ring is 1. The van der Waals surface area contributed by atoms with Gasteiger partial charge in [0, 0.05) is 5.92 Å². The molecule has 0 aromatic carbocycles. The van der Waals surface area contributed by atoms with Gasteiger partial charge < -0.3 is 11.1 Å². The van der Waals surface area contributed by atoms with Crippen LogP contribution >= 0.6 is 0 Å². The molecule has 0 bridgehead atoms. The first-order chi connectivity index (χ1) is 7.54. The van der Waals surface area contributed by atoms with Crippen molar-refractivity contribution in [3.8, 4) is 0 Å². The van der Waals surface area contributed by atoms with Crippen LogP contribution in [0.2, 0.25) is 0 Å². The Hall–Kier alpha value is -1.58. The second-order valence-corrected chi connectivity index (χ2v) is 4.11. The summed E-state index contributed by atoms with van der Waals surface area (Å²) < 4.78 is 0. The molecule has 0 aliphatic rings. The van der Waals surface area contributed by atoms with Crippen molar-refractivity contribution in [3.63, 3.8) is 0 Å². The average molecular weight is 221 g/mol. The summed E-state index contributed by atoms with van der Waals surface area (Å²) in [5.74, 6) is 0.633. The lowest BCUT2D eigenvalue weighted by Crippen LogP contribution is -2.21. The first kappa shape index (κ1) is 12.5. The standard InChI is InChI=1S/C12H19N3O/c1-4-5-8(2)12(16)15-11-9(3)6-10(13)7-14-11/h6-8H,4-5,13H2,1-3H3,(H,14,15,16). The molecule has 16 heavy (non-hydrogen) atoms. The van der Waals surface area contributed by atoms with Crippen LogP contribution in [0.5, 0.6) is 0 Å². The van der Waals surface area contributed by atoms with E-state index in [0.29, 0.717) is 11.5 Å². The number of hydrogen-bond donors (Lipinski definition) is 2. The minimum absolute atomic E-state index is 0.0159. The highest BCUT2D eigenvalue weighted by atomic mass is 16.1. The van der Waals surface area contributed by atoms with E-state index in [1.807, 2.05) is 13.8 Å². The molecule has 4 heteroatoms. The van der Waals surface area contributed by atoms with Gasteiger partial charge in [0.25, 0.3) is 0 Å². The first-order valence-electron chi connectivity index (χ1n) is 5.57. The lowest BCUT2D eigenvalue weighted by molar-refractivity contribution is -0.119. The van der Waals surface area contributed by atoms with Gasteiger partial charge in [-0.05, 0) is 25.0 Å². The minimum atomic E-state index is 0.0159. The van der Waals surface area contributed by atoms with Gasteiger partial charge in [-0.2, -0.15) is 0 Å². The SMILES string of the molecule is CCCC(C)C(=O)Nc1ncc(N)cc1C. The summed E-state index contributed by atoms with van der Waals surface area (Å²) in [5.41, 5.74) is 7.09. The zero-order valence-electron chi connectivity index (χ0n) is 10.1. The van der Waals surface area contributed by atoms with Gasteiger partial charge in [-0.3, -0.25) is 4.79 Å². The third kappa shape index (κ3) is 3.22. The van der Waals surface area contributed by atoms with Gasteiger partial charge in [-0.25, -0.2) is 4.98 Å². The van der Waals surface area contributed by atoms with Crippen LogP contribution in [0.15, 0.2) is 12.3 Å². The number of carbonyl (C=O) groups is 1. The van der Waals surface area contributed by atoms with E-state index in [9.17, 15) is 4.79 Å². The van der Waals surface area contributed by atoms with E-state index in [-0.39, 0.29) is 11.8 Å². The Labute approximate surface area is 96.3 Å². The summed E-state index contributed by atoms with van der Waals surface area (Å²) in [6.07, 6.45) is 3.44. The van der Waals surface area contributed by atoms with Crippen LogP contribution in [0.1, 0.15) is 32.3 Å². The van der Waals surface area contributed by atoms with Gasteiger partial charge in [0.15, 0.2) is 0 Å². The number of aryl methyl sites for hydroxylation is 1. The van der Waals surface area contributed by atoms with Gasteiger partial charge in [0.2, 0.25) is 5.91 Å². The zero-order valence-corrected chi connectivity index (χ0v) is 10.1. The molecule has 0 spiro atoms. The number of nitrogens with one attached hydrogen (secondary N) is 1. The second kappa shape index (κ2) is 5.49. The van der Waals surface area contributed by atoms with Crippen molar-refractivity contribution in [2.75, 3.05) is 11.1 Å². The molecule has 1 aromatic rings. The van der Waals surface area contributed by atoms with Crippen LogP contribution in [0.3, 0.4) is 0 Å². The molecule has 0 aliphatic heterocycles. The number of rotatable bonds is 4. The van der Waals surface area contributed by atoms with Crippen molar-refractivity contribution in [3.05, 3.63) is 17.8 Å². The largest absolute Gasteiger partial charge is 0.397 e. The van der Waals surface area contributed by atoms with E-state index < -0.39 is 0 Å². The molecule has 1 rings (SSSR count). The van der Waals surface area contributed by atoms with Gasteiger partial charge in [0.1, 0.15) is 5.82 Å². The number of nitrogens with zero attached hydrogens (tertiary/aromatic N) is 1. The molecular weight excluding hydrogens is 202 g/mol. The van der Waals surface area contributed by atoms with E-state index >= 15 is 0 Å². The Morgan fingerprint density at radius 3 is 2.88 bits per heavy atom. The van der Waals surface area contributed by atoms with Crippen molar-refractivity contribution in [2.24, 2.45) is 5.92 Å². The summed E-state index contributed by atoms with van der Waals surface area (Å²) in [5, 5.41) is 2.82. The fraction of sp³-hybridized carbons (Fsp3) is 0.500. The molecule has 1 amide bonds. The van der Waals surface area contributed by atoms with E-state index in [1.165, 1.54) is 0 Å². The summed E-state index contributed by atoms with van der Waals surface area (Å²) >= 11 is 0. The van der Waals surface area contributed by atoms with E-state index in [0.717, 1.165) is 18.4 Å². The third-order valence-corrected chi connectivity index (χ3v) is 2.51. The van der Waals surface area contributed by atoms with Crippen molar-refractivity contribution < 1.29 is 4.79 Å². The number of amides is 1. The number of hydrogen-bond acceptors (Lipinski definition) is 3. The smallest absolute Gasteiger partial charge is 0.228 e. The molecule has 0 aliphatic carbocycles. The van der Waals surface area contributed by atoms with Crippen LogP contribution in [0.25, 0.3) is 0 Å². The lowest BCUT2D eigenvalue weighted by atomic mass is 10.1. The van der Waals surface area contributed by atoms with E-state index in [2.05, 4.69) is 17.2 Å². The maximum absolute atomic E-state index is 11.8. The first-order valence-corrected chi connectivity index (χ1v) is 5.57. The van der Waals surface area contributed by atoms with E-state index in [4.69, 9.17) is 5.73 Å². The predicted octanol–water partition coefficient (Wildman–Crippen LogP) is 2.35. The number of aromatic nitrogens is 1. The quantitative estimate of drug-likeness (QED) is 0.820. The molecule has 1 atom stereocenters. The summed E-state index contributed by atoms with van der Waals surface area (Å²) in [6, 6.07) is 1.80. The van der Waals surface area contributed by atoms with Crippen LogP contribution in [-0.4, -0.2) is 10.9 Å². The highest BCUT2D eigenvalue weighted by molar-refractivity contribution is 5.92. The Morgan fingerprint density at radius 2 is 2.31 bits per heavy atom. The molecule has 88 valence electrons. The van der Waals surface area contributed by atoms with Crippen LogP contribution in [0, 0.1) is 12.8 Å². The Balaban J connectivity index is 2.69. The molecule has 1 aromatic heterocycles. The molecule has 0 radical (unpaired) electrons. The predicted molar refractivity (Wildman–Crippen MR) is 66.1 cm³/mol. The average Bonchev–Trinajstić information content (AvgIpc) is 2.22. The molecule has 3 N–H and O–H groups in total. The molecular formula is C12H19N3O. The molecule has 1 unspecified atom stereocenters. The summed E-state index contributed by atoms with van der Waals surface area (Å²) in [4.78, 5) is 15.9. The highest BCUT2D eigenvalue weighted by Gasteiger charge is 2.13. The molecule has 0 saturated carbocycles. The van der Waals surface area contributed by atoms with Crippen molar-refractivity contribution >= 4 is 17.4 Å². The second-order valence-electron chi connectivity index (χ2n) is 4.11. The highest BCUT2D eigenvalue weighted by Crippen LogP contribution is 2.15. The molecule has 0 fully saturated rings. The van der Waals surface area contributed by atoms with E-state index in [1.54, 1.807) is 12.3 Å². The fourth-order valence-corrected chi connectivity index (χ4v) is 1.53. The third-order valence-electron chi connectivity index (χ3n) is 2.51.